The summed E-state index contributed by atoms with van der Waals surface area (Å²) in [5, 5.41) is 17.5. The summed E-state index contributed by atoms with van der Waals surface area (Å²) in [6.07, 6.45) is -0.520. The smallest absolute Gasteiger partial charge is 0.0852 e. The minimum absolute atomic E-state index is 0.177. The zero-order chi connectivity index (χ0) is 38.8. The summed E-state index contributed by atoms with van der Waals surface area (Å²) >= 11 is 0. The van der Waals surface area contributed by atoms with E-state index in [2.05, 4.69) is 199 Å². The molecule has 0 spiro atoms. The average Bonchev–Trinajstić information content (AvgIpc) is 3.30. The number of nitrogens with one attached hydrogen (secondary N) is 2. The lowest BCUT2D eigenvalue weighted by molar-refractivity contribution is 0.386. The molecule has 2 unspecified atom stereocenters. The number of nitrogens with two attached hydrogens (primary N) is 1. The van der Waals surface area contributed by atoms with Gasteiger partial charge < -0.3 is 5.73 Å². The summed E-state index contributed by atoms with van der Waals surface area (Å²) in [7, 11) is 0. The largest absolute Gasteiger partial charge is 0.312 e. The second kappa shape index (κ2) is 15.6. The molecule has 0 aliphatic carbocycles. The minimum Gasteiger partial charge on any atom is -0.312 e. The highest BCUT2D eigenvalue weighted by Gasteiger charge is 2.20. The van der Waals surface area contributed by atoms with Crippen LogP contribution in [0.15, 0.2) is 212 Å². The number of hydrogen-bond acceptors (Lipinski definition) is 3. The van der Waals surface area contributed by atoms with E-state index in [0.717, 1.165) is 11.1 Å². The van der Waals surface area contributed by atoms with Gasteiger partial charge in [0, 0.05) is 6.54 Å². The molecule has 58 heavy (non-hydrogen) atoms. The zero-order valence-corrected chi connectivity index (χ0v) is 32.1. The molecule has 10 aromatic rings. The van der Waals surface area contributed by atoms with Crippen molar-refractivity contribution in [3.63, 3.8) is 0 Å². The molecular weight excluding hydrogens is 703 g/mol. The topological polar surface area (TPSA) is 50.1 Å². The Morgan fingerprint density at radius 3 is 1.67 bits per heavy atom. The van der Waals surface area contributed by atoms with Crippen LogP contribution in [-0.2, 0) is 6.54 Å². The van der Waals surface area contributed by atoms with Crippen molar-refractivity contribution in [3.05, 3.63) is 229 Å². The third kappa shape index (κ3) is 6.82. The summed E-state index contributed by atoms with van der Waals surface area (Å²) in [4.78, 5) is 0. The van der Waals surface area contributed by atoms with Gasteiger partial charge in [-0.05, 0) is 99.2 Å². The quantitative estimate of drug-likeness (QED) is 0.0742. The molecule has 10 aromatic carbocycles. The molecule has 0 aliphatic heterocycles. The van der Waals surface area contributed by atoms with Crippen LogP contribution in [0.1, 0.15) is 29.0 Å². The molecule has 10 rings (SSSR count). The van der Waals surface area contributed by atoms with Crippen molar-refractivity contribution in [1.29, 1.82) is 0 Å². The van der Waals surface area contributed by atoms with Crippen molar-refractivity contribution < 1.29 is 0 Å². The Hall–Kier alpha value is -6.88. The summed E-state index contributed by atoms with van der Waals surface area (Å²) < 4.78 is 0. The van der Waals surface area contributed by atoms with E-state index < -0.39 is 0 Å². The second-order valence-electron chi connectivity index (χ2n) is 15.1. The third-order valence-electron chi connectivity index (χ3n) is 11.6. The maximum absolute atomic E-state index is 6.75. The van der Waals surface area contributed by atoms with E-state index in [1.807, 2.05) is 24.3 Å². The van der Waals surface area contributed by atoms with E-state index in [1.165, 1.54) is 82.0 Å². The van der Waals surface area contributed by atoms with Gasteiger partial charge in [-0.15, -0.1) is 0 Å². The van der Waals surface area contributed by atoms with Crippen molar-refractivity contribution in [2.24, 2.45) is 5.73 Å². The molecule has 0 fully saturated rings. The Morgan fingerprint density at radius 2 is 0.931 bits per heavy atom. The fraction of sp³-hybridized carbons (Fsp3) is 0.0545. The Kier molecular flexibility index (Phi) is 9.54. The van der Waals surface area contributed by atoms with Crippen LogP contribution >= 0.6 is 0 Å². The van der Waals surface area contributed by atoms with Crippen LogP contribution in [0.4, 0.5) is 0 Å². The maximum Gasteiger partial charge on any atom is 0.0852 e. The zero-order valence-electron chi connectivity index (χ0n) is 32.1. The van der Waals surface area contributed by atoms with Crippen molar-refractivity contribution in [3.8, 4) is 33.4 Å². The van der Waals surface area contributed by atoms with Crippen LogP contribution in [0.3, 0.4) is 0 Å². The first kappa shape index (κ1) is 35.5. The van der Waals surface area contributed by atoms with E-state index in [1.54, 1.807) is 0 Å². The van der Waals surface area contributed by atoms with Gasteiger partial charge in [-0.3, -0.25) is 10.6 Å². The van der Waals surface area contributed by atoms with E-state index >= 15 is 0 Å². The molecule has 0 saturated heterocycles. The summed E-state index contributed by atoms with van der Waals surface area (Å²) in [6.45, 7) is 0.660. The molecule has 3 heteroatoms. The van der Waals surface area contributed by atoms with Gasteiger partial charge in [-0.1, -0.05) is 206 Å². The Bertz CT molecular complexity index is 3030. The lowest BCUT2D eigenvalue weighted by atomic mass is 9.83. The first-order valence-corrected chi connectivity index (χ1v) is 20.1. The molecule has 0 amide bonds. The minimum atomic E-state index is -0.343. The highest BCUT2D eigenvalue weighted by molar-refractivity contribution is 6.28. The van der Waals surface area contributed by atoms with Crippen LogP contribution in [-0.4, -0.2) is 0 Å². The maximum atomic E-state index is 6.75. The molecule has 0 radical (unpaired) electrons. The van der Waals surface area contributed by atoms with Crippen molar-refractivity contribution in [1.82, 2.24) is 10.6 Å². The van der Waals surface area contributed by atoms with Crippen molar-refractivity contribution >= 4 is 43.1 Å². The summed E-state index contributed by atoms with van der Waals surface area (Å²) in [5.41, 5.74) is 17.5. The molecule has 0 heterocycles. The average molecular weight is 746 g/mol. The van der Waals surface area contributed by atoms with Gasteiger partial charge in [-0.2, -0.15) is 0 Å². The van der Waals surface area contributed by atoms with Crippen LogP contribution in [0, 0.1) is 0 Å². The molecule has 2 atom stereocenters. The van der Waals surface area contributed by atoms with E-state index in [4.69, 9.17) is 5.73 Å². The van der Waals surface area contributed by atoms with Crippen molar-refractivity contribution in [2.75, 3.05) is 0 Å². The Balaban J connectivity index is 1.02. The standard InChI is InChI=1S/C55H43N3/c56-54(43-17-5-2-6-18-43)58-55(44-30-27-40(28-31-44)38-13-3-1-4-14-38)57-36-37-23-25-42(26-24-37)51-48-21-11-12-22-49(48)52(46-32-29-39-15-7-8-19-45(39)35-46)53-47-20-10-9-16-41(47)33-34-50(51)53/h1-35,54-55,57-58H,36,56H2. The van der Waals surface area contributed by atoms with Crippen LogP contribution in [0.25, 0.3) is 76.5 Å². The molecule has 0 bridgehead atoms. The predicted molar refractivity (Wildman–Crippen MR) is 245 cm³/mol. The molecule has 3 nitrogen and oxygen atoms in total. The van der Waals surface area contributed by atoms with Gasteiger partial charge in [-0.25, -0.2) is 0 Å². The SMILES string of the molecule is NC(NC(NCc1ccc(-c2c3ccccc3c(-c3ccc4ccccc4c3)c3c2ccc2ccccc23)cc1)c1ccc(-c2ccccc2)cc1)c1ccccc1. The van der Waals surface area contributed by atoms with Crippen molar-refractivity contribution in [2.45, 2.75) is 18.9 Å². The summed E-state index contributed by atoms with van der Waals surface area (Å²) in [6, 6.07) is 76.4. The summed E-state index contributed by atoms with van der Waals surface area (Å²) in [5.74, 6) is 0. The lowest BCUT2D eigenvalue weighted by Crippen LogP contribution is -2.39. The fourth-order valence-corrected chi connectivity index (χ4v) is 8.62. The van der Waals surface area contributed by atoms with Gasteiger partial charge in [0.25, 0.3) is 0 Å². The van der Waals surface area contributed by atoms with Crippen LogP contribution in [0.2, 0.25) is 0 Å². The Labute approximate surface area is 339 Å². The fourth-order valence-electron chi connectivity index (χ4n) is 8.62. The highest BCUT2D eigenvalue weighted by Crippen LogP contribution is 2.46. The van der Waals surface area contributed by atoms with Gasteiger partial charge in [0.1, 0.15) is 0 Å². The number of benzene rings is 10. The van der Waals surface area contributed by atoms with Gasteiger partial charge in [0.15, 0.2) is 0 Å². The first-order valence-electron chi connectivity index (χ1n) is 20.1. The second-order valence-corrected chi connectivity index (χ2v) is 15.1. The highest BCUT2D eigenvalue weighted by atomic mass is 15.2. The van der Waals surface area contributed by atoms with Gasteiger partial charge in [0.05, 0.1) is 12.3 Å². The van der Waals surface area contributed by atoms with E-state index in [-0.39, 0.29) is 12.3 Å². The monoisotopic (exact) mass is 745 g/mol. The molecule has 278 valence electrons. The van der Waals surface area contributed by atoms with Gasteiger partial charge in [0.2, 0.25) is 0 Å². The van der Waals surface area contributed by atoms with Crippen LogP contribution < -0.4 is 16.4 Å². The molecule has 4 N–H and O–H groups in total. The normalized spacial score (nSPS) is 12.6. The van der Waals surface area contributed by atoms with E-state index in [9.17, 15) is 0 Å². The predicted octanol–water partition coefficient (Wildman–Crippen LogP) is 13.3. The molecule has 0 aliphatic rings. The molecule has 0 saturated carbocycles. The number of hydrogen-bond donors (Lipinski definition) is 3. The third-order valence-corrected chi connectivity index (χ3v) is 11.6. The first-order chi connectivity index (χ1) is 28.7. The lowest BCUT2D eigenvalue weighted by Gasteiger charge is -2.25. The molecular formula is C55H43N3. The molecule has 0 aromatic heterocycles. The number of rotatable bonds is 10. The van der Waals surface area contributed by atoms with E-state index in [0.29, 0.717) is 6.54 Å². The Morgan fingerprint density at radius 1 is 0.379 bits per heavy atom. The number of fused-ring (bicyclic) bond motifs is 5. The van der Waals surface area contributed by atoms with Crippen LogP contribution in [0.5, 0.6) is 0 Å². The van der Waals surface area contributed by atoms with Gasteiger partial charge >= 0.3 is 0 Å².